The molecule has 4 nitrogen and oxygen atoms in total. The first-order valence-electron chi connectivity index (χ1n) is 5.33. The largest absolute Gasteiger partial charge is 0.385 e. The van der Waals surface area contributed by atoms with Crippen molar-refractivity contribution in [3.05, 3.63) is 23.8 Å². The van der Waals surface area contributed by atoms with Crippen LogP contribution in [0.5, 0.6) is 0 Å². The molecule has 0 aromatic rings. The third-order valence-electron chi connectivity index (χ3n) is 3.19. The van der Waals surface area contributed by atoms with Crippen LogP contribution >= 0.6 is 0 Å². The maximum absolute atomic E-state index is 10.3. The van der Waals surface area contributed by atoms with Gasteiger partial charge in [-0.25, -0.2) is 0 Å². The summed E-state index contributed by atoms with van der Waals surface area (Å²) < 4.78 is 10.6. The Bertz CT molecular complexity index is 376. The van der Waals surface area contributed by atoms with Gasteiger partial charge in [-0.05, 0) is 31.6 Å². The number of nitrogens with zero attached hydrogens (tertiary/aromatic N) is 1. The van der Waals surface area contributed by atoms with Gasteiger partial charge in [-0.15, -0.1) is 0 Å². The number of allylic oxidation sites excluding steroid dienone is 1. The maximum Gasteiger partial charge on any atom is 0.208 e. The van der Waals surface area contributed by atoms with Gasteiger partial charge < -0.3 is 14.6 Å². The van der Waals surface area contributed by atoms with Crippen LogP contribution in [0, 0.1) is 0 Å². The Kier molecular flexibility index (Phi) is 2.74. The van der Waals surface area contributed by atoms with E-state index in [1.807, 2.05) is 6.08 Å². The summed E-state index contributed by atoms with van der Waals surface area (Å²) in [6, 6.07) is 0. The van der Waals surface area contributed by atoms with E-state index in [2.05, 4.69) is 4.99 Å². The molecule has 0 fully saturated rings. The number of aliphatic hydroxyl groups is 1. The van der Waals surface area contributed by atoms with Gasteiger partial charge in [-0.1, -0.05) is 0 Å². The standard InChI is InChI=1S/C12H17NO3/c1-11(14)6-7-13-10-4-5-12(15-2,16-3)8-9(10)11/h4-5,8,14H,6-7H2,1-3H3. The molecule has 0 bridgehead atoms. The van der Waals surface area contributed by atoms with E-state index in [1.165, 1.54) is 0 Å². The lowest BCUT2D eigenvalue weighted by molar-refractivity contribution is -0.134. The summed E-state index contributed by atoms with van der Waals surface area (Å²) in [5.74, 6) is -0.879. The average Bonchev–Trinajstić information content (AvgIpc) is 2.29. The molecule has 0 amide bonds. The minimum atomic E-state index is -0.879. The van der Waals surface area contributed by atoms with Crippen molar-refractivity contribution < 1.29 is 14.6 Å². The van der Waals surface area contributed by atoms with Crippen LogP contribution in [0.2, 0.25) is 0 Å². The molecule has 1 aliphatic heterocycles. The van der Waals surface area contributed by atoms with Gasteiger partial charge in [0, 0.05) is 26.3 Å². The Morgan fingerprint density at radius 1 is 1.38 bits per heavy atom. The first kappa shape index (κ1) is 11.5. The topological polar surface area (TPSA) is 51.0 Å². The van der Waals surface area contributed by atoms with E-state index in [1.54, 1.807) is 33.3 Å². The second-order valence-corrected chi connectivity index (χ2v) is 4.31. The van der Waals surface area contributed by atoms with E-state index in [4.69, 9.17) is 9.47 Å². The van der Waals surface area contributed by atoms with Crippen molar-refractivity contribution in [3.8, 4) is 0 Å². The van der Waals surface area contributed by atoms with Crippen molar-refractivity contribution in [2.45, 2.75) is 24.7 Å². The molecule has 0 saturated carbocycles. The lowest BCUT2D eigenvalue weighted by Gasteiger charge is -2.36. The minimum absolute atomic E-state index is 0.625. The summed E-state index contributed by atoms with van der Waals surface area (Å²) >= 11 is 0. The van der Waals surface area contributed by atoms with Gasteiger partial charge in [0.05, 0.1) is 11.3 Å². The zero-order valence-corrected chi connectivity index (χ0v) is 9.86. The van der Waals surface area contributed by atoms with Gasteiger partial charge in [-0.3, -0.25) is 4.99 Å². The molecule has 0 aromatic carbocycles. The number of ether oxygens (including phenoxy) is 2. The van der Waals surface area contributed by atoms with E-state index < -0.39 is 11.4 Å². The Labute approximate surface area is 95.3 Å². The average molecular weight is 223 g/mol. The molecule has 0 aromatic heterocycles. The Balaban J connectivity index is 2.46. The smallest absolute Gasteiger partial charge is 0.208 e. The third-order valence-corrected chi connectivity index (χ3v) is 3.19. The van der Waals surface area contributed by atoms with Gasteiger partial charge in [0.15, 0.2) is 0 Å². The van der Waals surface area contributed by atoms with Crippen LogP contribution in [-0.4, -0.2) is 43.0 Å². The number of hydrogen-bond donors (Lipinski definition) is 1. The zero-order valence-electron chi connectivity index (χ0n) is 9.86. The van der Waals surface area contributed by atoms with Crippen molar-refractivity contribution in [2.24, 2.45) is 4.99 Å². The summed E-state index contributed by atoms with van der Waals surface area (Å²) in [7, 11) is 3.15. The number of rotatable bonds is 2. The highest BCUT2D eigenvalue weighted by Gasteiger charge is 2.38. The SMILES string of the molecule is COC1(OC)C=CC2=NCCC(C)(O)C2=C1. The van der Waals surface area contributed by atoms with Gasteiger partial charge in [-0.2, -0.15) is 0 Å². The molecule has 0 radical (unpaired) electrons. The zero-order chi connectivity index (χ0) is 11.8. The van der Waals surface area contributed by atoms with E-state index in [0.717, 1.165) is 11.3 Å². The van der Waals surface area contributed by atoms with Crippen LogP contribution in [0.4, 0.5) is 0 Å². The molecular weight excluding hydrogens is 206 g/mol. The van der Waals surface area contributed by atoms with Crippen LogP contribution in [0.15, 0.2) is 28.8 Å². The van der Waals surface area contributed by atoms with Crippen LogP contribution in [0.25, 0.3) is 0 Å². The van der Waals surface area contributed by atoms with Gasteiger partial charge in [0.2, 0.25) is 5.79 Å². The normalized spacial score (nSPS) is 31.8. The van der Waals surface area contributed by atoms with Crippen LogP contribution < -0.4 is 0 Å². The number of hydrogen-bond acceptors (Lipinski definition) is 4. The molecule has 0 spiro atoms. The fourth-order valence-electron chi connectivity index (χ4n) is 2.04. The second kappa shape index (κ2) is 3.80. The summed E-state index contributed by atoms with van der Waals surface area (Å²) in [5, 5.41) is 10.3. The molecule has 1 N–H and O–H groups in total. The lowest BCUT2D eigenvalue weighted by atomic mass is 9.82. The van der Waals surface area contributed by atoms with E-state index in [9.17, 15) is 5.11 Å². The van der Waals surface area contributed by atoms with Gasteiger partial charge in [0.1, 0.15) is 0 Å². The molecule has 1 unspecified atom stereocenters. The molecule has 2 rings (SSSR count). The van der Waals surface area contributed by atoms with E-state index in [0.29, 0.717) is 13.0 Å². The predicted molar refractivity (Wildman–Crippen MR) is 61.5 cm³/mol. The van der Waals surface area contributed by atoms with Crippen molar-refractivity contribution in [1.29, 1.82) is 0 Å². The van der Waals surface area contributed by atoms with Crippen LogP contribution in [0.3, 0.4) is 0 Å². The predicted octanol–water partition coefficient (Wildman–Crippen LogP) is 1.07. The molecular formula is C12H17NO3. The van der Waals surface area contributed by atoms with Crippen molar-refractivity contribution in [2.75, 3.05) is 20.8 Å². The van der Waals surface area contributed by atoms with Crippen molar-refractivity contribution in [1.82, 2.24) is 0 Å². The third kappa shape index (κ3) is 1.73. The van der Waals surface area contributed by atoms with Gasteiger partial charge in [0.25, 0.3) is 0 Å². The number of methoxy groups -OCH3 is 2. The monoisotopic (exact) mass is 223 g/mol. The molecule has 1 aliphatic carbocycles. The van der Waals surface area contributed by atoms with E-state index >= 15 is 0 Å². The molecule has 4 heteroatoms. The highest BCUT2D eigenvalue weighted by molar-refractivity contribution is 6.11. The summed E-state index contributed by atoms with van der Waals surface area (Å²) in [4.78, 5) is 4.37. The highest BCUT2D eigenvalue weighted by atomic mass is 16.7. The van der Waals surface area contributed by atoms with Gasteiger partial charge >= 0.3 is 0 Å². The van der Waals surface area contributed by atoms with Crippen LogP contribution in [0.1, 0.15) is 13.3 Å². The van der Waals surface area contributed by atoms with E-state index in [-0.39, 0.29) is 0 Å². The second-order valence-electron chi connectivity index (χ2n) is 4.31. The maximum atomic E-state index is 10.3. The summed E-state index contributed by atoms with van der Waals surface area (Å²) in [5.41, 5.74) is 0.746. The molecule has 16 heavy (non-hydrogen) atoms. The lowest BCUT2D eigenvalue weighted by Crippen LogP contribution is -2.41. The highest BCUT2D eigenvalue weighted by Crippen LogP contribution is 2.33. The molecule has 88 valence electrons. The van der Waals surface area contributed by atoms with Crippen molar-refractivity contribution in [3.63, 3.8) is 0 Å². The Morgan fingerprint density at radius 2 is 2.06 bits per heavy atom. The molecule has 0 saturated heterocycles. The number of fused-ring (bicyclic) bond motifs is 1. The summed E-state index contributed by atoms with van der Waals surface area (Å²) in [6.45, 7) is 2.44. The Morgan fingerprint density at radius 3 is 2.69 bits per heavy atom. The quantitative estimate of drug-likeness (QED) is 0.712. The Hall–Kier alpha value is -0.970. The minimum Gasteiger partial charge on any atom is -0.385 e. The van der Waals surface area contributed by atoms with Crippen molar-refractivity contribution >= 4 is 5.71 Å². The first-order valence-corrected chi connectivity index (χ1v) is 5.33. The first-order chi connectivity index (χ1) is 7.53. The molecule has 1 atom stereocenters. The van der Waals surface area contributed by atoms with Crippen LogP contribution in [-0.2, 0) is 9.47 Å². The fourth-order valence-corrected chi connectivity index (χ4v) is 2.04. The molecule has 2 aliphatic rings. The number of aliphatic imine (C=N–C) groups is 1. The molecule has 1 heterocycles. The fraction of sp³-hybridized carbons (Fsp3) is 0.583. The summed E-state index contributed by atoms with van der Waals surface area (Å²) in [6.07, 6.45) is 6.07.